The number of amides is 3. The first-order valence-electron chi connectivity index (χ1n) is 36.8. The van der Waals surface area contributed by atoms with Crippen molar-refractivity contribution in [3.05, 3.63) is 172 Å². The van der Waals surface area contributed by atoms with Crippen LogP contribution in [-0.4, -0.2) is 214 Å². The Balaban J connectivity index is 0.000000158. The van der Waals surface area contributed by atoms with Crippen molar-refractivity contribution < 1.29 is 52.8 Å². The number of fused-ring (bicyclic) bond motifs is 3. The fourth-order valence-corrected chi connectivity index (χ4v) is 15.0. The van der Waals surface area contributed by atoms with Crippen LogP contribution in [0.4, 0.5) is 35.3 Å². The lowest BCUT2D eigenvalue weighted by molar-refractivity contribution is -0.113. The summed E-state index contributed by atoms with van der Waals surface area (Å²) in [5, 5.41) is 9.90. The maximum Gasteiger partial charge on any atom is 0.260 e. The van der Waals surface area contributed by atoms with Crippen molar-refractivity contribution in [1.29, 1.82) is 0 Å². The molecule has 3 amide bonds. The minimum atomic E-state index is -0.345. The number of aromatic amines is 3. The first kappa shape index (κ1) is 82.1. The summed E-state index contributed by atoms with van der Waals surface area (Å²) in [4.78, 5) is 138. The fourth-order valence-electron chi connectivity index (χ4n) is 14.2. The van der Waals surface area contributed by atoms with Gasteiger partial charge in [0.25, 0.3) is 17.7 Å². The second-order valence-corrected chi connectivity index (χ2v) is 28.9. The Morgan fingerprint density at radius 2 is 0.833 bits per heavy atom. The molecule has 14 rings (SSSR count). The summed E-state index contributed by atoms with van der Waals surface area (Å²) in [5.41, 5.74) is 30.0. The lowest BCUT2D eigenvalue weighted by atomic mass is 10.1. The summed E-state index contributed by atoms with van der Waals surface area (Å²) in [6, 6.07) is 5.14. The van der Waals surface area contributed by atoms with E-state index in [9.17, 15) is 33.9 Å². The number of aryl methyl sites for hydroxylation is 3. The number of H-pyrrole nitrogens is 3. The summed E-state index contributed by atoms with van der Waals surface area (Å²) >= 11 is 19.4. The molecule has 9 aromatic rings. The molecule has 0 atom stereocenters. The summed E-state index contributed by atoms with van der Waals surface area (Å²) in [7, 11) is 4.79. The zero-order chi connectivity index (χ0) is 81.7. The maximum atomic E-state index is 13.7. The number of hydrogen-bond donors (Lipinski definition) is 7. The van der Waals surface area contributed by atoms with Gasteiger partial charge in [-0.15, -0.1) is 0 Å². The molecule has 596 valence electrons. The van der Waals surface area contributed by atoms with Crippen LogP contribution in [0.2, 0.25) is 15.5 Å². The van der Waals surface area contributed by atoms with E-state index in [1.807, 2.05) is 65.2 Å². The number of rotatable bonds is 23. The summed E-state index contributed by atoms with van der Waals surface area (Å²) in [6.07, 6.45) is 16.0. The van der Waals surface area contributed by atoms with E-state index >= 15 is 0 Å². The molecule has 9 aromatic heterocycles. The van der Waals surface area contributed by atoms with Crippen LogP contribution in [0.5, 0.6) is 17.2 Å². The van der Waals surface area contributed by atoms with Crippen LogP contribution in [0.1, 0.15) is 142 Å². The average molecular weight is 1610 g/mol. The van der Waals surface area contributed by atoms with Gasteiger partial charge in [-0.2, -0.15) is 15.0 Å². The molecule has 0 radical (unpaired) electrons. The van der Waals surface area contributed by atoms with E-state index in [-0.39, 0.29) is 112 Å². The number of Topliss-reactive ketones (excluding diaryl/α,β-unsaturated/α-hetero) is 3. The number of pyridine rings is 3. The molecule has 114 heavy (non-hydrogen) atoms. The van der Waals surface area contributed by atoms with Crippen molar-refractivity contribution in [2.45, 2.75) is 94.0 Å². The number of aliphatic hydroxyl groups is 1. The Bertz CT molecular complexity index is 5350. The Labute approximate surface area is 672 Å². The number of likely N-dealkylation sites (tertiary alicyclic amines) is 1. The molecule has 14 heterocycles. The number of aromatic nitrogens is 12. The number of morpholine rings is 1. The summed E-state index contributed by atoms with van der Waals surface area (Å²) < 4.78 is 21.9. The molecule has 0 bridgehead atoms. The predicted molar refractivity (Wildman–Crippen MR) is 434 cm³/mol. The number of anilines is 6. The van der Waals surface area contributed by atoms with Crippen molar-refractivity contribution in [2.75, 3.05) is 125 Å². The van der Waals surface area contributed by atoms with E-state index in [2.05, 4.69) is 64.7 Å². The molecule has 0 spiro atoms. The Morgan fingerprint density at radius 3 is 1.15 bits per heavy atom. The maximum absolute atomic E-state index is 13.7. The van der Waals surface area contributed by atoms with Crippen molar-refractivity contribution in [2.24, 2.45) is 0 Å². The van der Waals surface area contributed by atoms with Crippen molar-refractivity contribution in [1.82, 2.24) is 74.5 Å². The molecule has 0 saturated carbocycles. The van der Waals surface area contributed by atoms with E-state index in [0.29, 0.717) is 160 Å². The van der Waals surface area contributed by atoms with Crippen molar-refractivity contribution in [3.63, 3.8) is 0 Å². The molecule has 32 nitrogen and oxygen atoms in total. The number of nitrogens with two attached hydrogens (primary N) is 3. The van der Waals surface area contributed by atoms with Gasteiger partial charge in [-0.25, -0.2) is 15.0 Å². The number of hydrogen-bond acceptors (Lipinski definition) is 26. The van der Waals surface area contributed by atoms with Crippen LogP contribution in [0, 0.1) is 41.5 Å². The van der Waals surface area contributed by atoms with Gasteiger partial charge in [0.15, 0.2) is 34.8 Å². The molecular weight excluding hydrogens is 1530 g/mol. The molecular formula is C79H88Cl3N21O11. The van der Waals surface area contributed by atoms with Crippen molar-refractivity contribution in [3.8, 4) is 17.2 Å². The number of piperidine rings is 1. The van der Waals surface area contributed by atoms with E-state index < -0.39 is 0 Å². The first-order valence-corrected chi connectivity index (χ1v) is 37.9. The predicted octanol–water partition coefficient (Wildman–Crippen LogP) is 9.12. The van der Waals surface area contributed by atoms with E-state index in [4.69, 9.17) is 71.0 Å². The zero-order valence-corrected chi connectivity index (χ0v) is 67.2. The second kappa shape index (κ2) is 35.4. The summed E-state index contributed by atoms with van der Waals surface area (Å²) in [5.74, 6) is 1.79. The third kappa shape index (κ3) is 17.5. The largest absolute Gasteiger partial charge is 0.496 e. The van der Waals surface area contributed by atoms with Gasteiger partial charge in [0, 0.05) is 131 Å². The van der Waals surface area contributed by atoms with Crippen LogP contribution in [0.25, 0.3) is 34.9 Å². The molecule has 5 aliphatic rings. The standard InChI is InChI=1S/C27H30ClN7O4.C26H28ClN7O4.C26H30ClN7O3/c1-14-10-31-20(15(2)23(14)39-3)12-35-25-22(24(28)32-27(29)33-25)19(26(35)38)9-17-8-16(11-30-17)21(37)13-34-6-4-18(36)5-7-34;1-14-10-30-19(15(2)22(14)37-3)12-34-24-21(23(27)31-26(28)32-24)18(25(34)36)9-17-8-16(11-29-17)20(35)13-33-4-6-38-7-5-33;1-6-33(7-2)13-20(35)16-8-17(29-11-16)9-18-21-23(27)31-26(28)32-24(21)34(25(18)36)12-19-15(4)22(37-5)14(3)10-30-19/h8-11,18,30,36H,4-7,12-13H2,1-3H3,(H2,29,32,33);8-11,29H,4-7,12-13H2,1-3H3,(H2,28,31,32);8-11,29H,6-7,12-13H2,1-5H3,(H2,28,31,32)/b19-9-;2*18-9-. The normalized spacial score (nSPS) is 16.1. The minimum Gasteiger partial charge on any atom is -0.496 e. The van der Waals surface area contributed by atoms with Crippen molar-refractivity contribution >= 4 is 140 Å². The lowest BCUT2D eigenvalue weighted by Crippen LogP contribution is -2.39. The van der Waals surface area contributed by atoms with Crippen LogP contribution in [0.3, 0.4) is 0 Å². The Kier molecular flexibility index (Phi) is 25.5. The number of halogens is 3. The number of ether oxygens (including phenoxy) is 4. The van der Waals surface area contributed by atoms with Gasteiger partial charge in [0.05, 0.1) is 130 Å². The molecule has 5 aliphatic heterocycles. The number of methoxy groups -OCH3 is 3. The third-order valence-electron chi connectivity index (χ3n) is 20.4. The van der Waals surface area contributed by atoms with E-state index in [1.54, 1.807) is 94.9 Å². The Hall–Kier alpha value is -11.4. The number of ketones is 3. The van der Waals surface area contributed by atoms with Crippen LogP contribution < -0.4 is 46.1 Å². The molecule has 2 saturated heterocycles. The van der Waals surface area contributed by atoms with Crippen LogP contribution in [0.15, 0.2) is 55.4 Å². The smallest absolute Gasteiger partial charge is 0.260 e. The number of aliphatic hydroxyl groups excluding tert-OH is 1. The quantitative estimate of drug-likeness (QED) is 0.0178. The van der Waals surface area contributed by atoms with Crippen LogP contribution >= 0.6 is 34.8 Å². The topological polar surface area (TPSA) is 420 Å². The van der Waals surface area contributed by atoms with Gasteiger partial charge in [-0.3, -0.25) is 73.1 Å². The van der Waals surface area contributed by atoms with Gasteiger partial charge in [0.1, 0.15) is 32.7 Å². The number of likely N-dealkylation sites (N-methyl/N-ethyl adjacent to an activating group) is 1. The van der Waals surface area contributed by atoms with Gasteiger partial charge >= 0.3 is 0 Å². The van der Waals surface area contributed by atoms with E-state index in [0.717, 1.165) is 59.6 Å². The van der Waals surface area contributed by atoms with E-state index in [1.165, 1.54) is 14.7 Å². The number of carbonyl (C=O) groups excluding carboxylic acids is 6. The number of nitrogens with one attached hydrogen (secondary N) is 3. The lowest BCUT2D eigenvalue weighted by Gasteiger charge is -2.28. The fraction of sp³-hybridized carbons (Fsp3) is 0.354. The SMILES string of the molecule is CCN(CC)CC(=O)c1c[nH]c(/C=C2\C(=O)N(Cc3ncc(C)c(OC)c3C)c3nc(N)nc(Cl)c32)c1.COc1c(C)cnc(CN2C(=O)/C(=C\c3cc(C(=O)CN4CCC(O)CC4)c[nH]3)c3c(Cl)nc(N)nc32)c1C.COc1c(C)cnc(CN2C(=O)/C(=C\c3cc(C(=O)CN4CCOCC4)c[nH]3)c3c(Cl)nc(N)nc32)c1C. The second-order valence-electron chi connectivity index (χ2n) is 27.9. The number of carbonyl (C=O) groups is 6. The third-order valence-corrected chi connectivity index (χ3v) is 21.2. The number of nitrogens with zero attached hydrogens (tertiary/aromatic N) is 15. The molecule has 0 aliphatic carbocycles. The van der Waals surface area contributed by atoms with Gasteiger partial charge in [-0.1, -0.05) is 48.7 Å². The highest BCUT2D eigenvalue weighted by Gasteiger charge is 2.41. The number of nitrogen functional groups attached to an aromatic ring is 3. The average Bonchev–Trinajstić information content (AvgIpc) is 1.61. The zero-order valence-electron chi connectivity index (χ0n) is 64.9. The highest BCUT2D eigenvalue weighted by Crippen LogP contribution is 2.45. The highest BCUT2D eigenvalue weighted by atomic mass is 35.5. The molecule has 10 N–H and O–H groups in total. The highest BCUT2D eigenvalue weighted by molar-refractivity contribution is 6.43. The molecule has 0 aromatic carbocycles. The van der Waals surface area contributed by atoms with Crippen LogP contribution in [-0.2, 0) is 38.8 Å². The molecule has 0 unspecified atom stereocenters. The van der Waals surface area contributed by atoms with Gasteiger partial charge in [-0.05, 0) is 104 Å². The summed E-state index contributed by atoms with van der Waals surface area (Å²) in [6.45, 7) is 22.3. The Morgan fingerprint density at radius 1 is 0.518 bits per heavy atom. The first-order chi connectivity index (χ1) is 54.6. The molecule has 35 heteroatoms. The monoisotopic (exact) mass is 1610 g/mol. The van der Waals surface area contributed by atoms with Gasteiger partial charge < -0.3 is 56.2 Å². The minimum absolute atomic E-state index is 0.00613. The molecule has 2 fully saturated rings. The van der Waals surface area contributed by atoms with Gasteiger partial charge in [0.2, 0.25) is 17.8 Å².